The van der Waals surface area contributed by atoms with Gasteiger partial charge in [0.05, 0.1) is 17.7 Å². The lowest BCUT2D eigenvalue weighted by molar-refractivity contribution is -0.384. The predicted molar refractivity (Wildman–Crippen MR) is 72.6 cm³/mol. The molecule has 0 aliphatic rings. The molecule has 2 rings (SSSR count). The molecule has 0 radical (unpaired) electrons. The van der Waals surface area contributed by atoms with Crippen LogP contribution in [0.3, 0.4) is 0 Å². The third kappa shape index (κ3) is 3.10. The fraction of sp³-hybridized carbons (Fsp3) is 0.100. The first kappa shape index (κ1) is 13.1. The molecule has 8 heteroatoms. The first-order chi connectivity index (χ1) is 8.56. The molecule has 5 nitrogen and oxygen atoms in total. The Morgan fingerprint density at radius 2 is 2.22 bits per heavy atom. The van der Waals surface area contributed by atoms with Gasteiger partial charge in [-0.3, -0.25) is 10.1 Å². The second kappa shape index (κ2) is 5.51. The molecular formula is C10H7Cl2N3O2S. The van der Waals surface area contributed by atoms with Crippen molar-refractivity contribution in [2.45, 2.75) is 6.54 Å². The highest BCUT2D eigenvalue weighted by atomic mass is 35.5. The van der Waals surface area contributed by atoms with Crippen molar-refractivity contribution in [3.05, 3.63) is 48.9 Å². The minimum Gasteiger partial charge on any atom is -0.373 e. The van der Waals surface area contributed by atoms with Crippen LogP contribution in [-0.2, 0) is 6.54 Å². The van der Waals surface area contributed by atoms with Gasteiger partial charge in [-0.25, -0.2) is 4.98 Å². The summed E-state index contributed by atoms with van der Waals surface area (Å²) in [6, 6.07) is 4.35. The number of nitro groups is 1. The highest BCUT2D eigenvalue weighted by molar-refractivity contribution is 7.15. The number of anilines is 1. The van der Waals surface area contributed by atoms with E-state index < -0.39 is 4.92 Å². The summed E-state index contributed by atoms with van der Waals surface area (Å²) in [5.74, 6) is 0. The highest BCUT2D eigenvalue weighted by Crippen LogP contribution is 2.28. The van der Waals surface area contributed by atoms with E-state index in [0.29, 0.717) is 21.6 Å². The van der Waals surface area contributed by atoms with Crippen molar-refractivity contribution in [3.8, 4) is 0 Å². The zero-order valence-corrected chi connectivity index (χ0v) is 11.2. The average molecular weight is 304 g/mol. The Hall–Kier alpha value is -1.37. The van der Waals surface area contributed by atoms with Crippen LogP contribution in [0.2, 0.25) is 9.36 Å². The number of nitrogens with one attached hydrogen (secondary N) is 1. The van der Waals surface area contributed by atoms with Gasteiger partial charge in [0.1, 0.15) is 15.0 Å². The number of nitrogens with zero attached hydrogens (tertiary/aromatic N) is 2. The second-order valence-electron chi connectivity index (χ2n) is 3.33. The molecule has 0 amide bonds. The van der Waals surface area contributed by atoms with Crippen LogP contribution in [0, 0.1) is 10.1 Å². The first-order valence-electron chi connectivity index (χ1n) is 4.84. The van der Waals surface area contributed by atoms with E-state index in [2.05, 4.69) is 10.3 Å². The zero-order chi connectivity index (χ0) is 13.1. The van der Waals surface area contributed by atoms with Gasteiger partial charge >= 0.3 is 0 Å². The number of halogens is 2. The van der Waals surface area contributed by atoms with E-state index in [4.69, 9.17) is 23.2 Å². The maximum absolute atomic E-state index is 10.8. The van der Waals surface area contributed by atoms with E-state index in [1.165, 1.54) is 35.7 Å². The number of thiazole rings is 1. The predicted octanol–water partition coefficient (Wildman–Crippen LogP) is 3.97. The van der Waals surface area contributed by atoms with Gasteiger partial charge in [-0.1, -0.05) is 23.2 Å². The molecule has 0 spiro atoms. The molecule has 2 aromatic rings. The summed E-state index contributed by atoms with van der Waals surface area (Å²) in [7, 11) is 0. The van der Waals surface area contributed by atoms with Gasteiger partial charge in [-0.05, 0) is 12.1 Å². The van der Waals surface area contributed by atoms with Crippen LogP contribution >= 0.6 is 34.5 Å². The van der Waals surface area contributed by atoms with Crippen molar-refractivity contribution in [2.75, 3.05) is 5.32 Å². The Balaban J connectivity index is 2.17. The second-order valence-corrected chi connectivity index (χ2v) is 5.51. The largest absolute Gasteiger partial charge is 0.373 e. The highest BCUT2D eigenvalue weighted by Gasteiger charge is 2.14. The van der Waals surface area contributed by atoms with Crippen molar-refractivity contribution in [1.29, 1.82) is 0 Å². The minimum absolute atomic E-state index is 0.0259. The lowest BCUT2D eigenvalue weighted by Gasteiger charge is -2.05. The van der Waals surface area contributed by atoms with Gasteiger partial charge in [-0.15, -0.1) is 11.3 Å². The summed E-state index contributed by atoms with van der Waals surface area (Å²) in [5.41, 5.74) is 0.334. The third-order valence-corrected chi connectivity index (χ3v) is 3.46. The molecular weight excluding hydrogens is 297 g/mol. The molecule has 0 unspecified atom stereocenters. The summed E-state index contributed by atoms with van der Waals surface area (Å²) < 4.78 is 0.576. The van der Waals surface area contributed by atoms with Gasteiger partial charge in [-0.2, -0.15) is 0 Å². The topological polar surface area (TPSA) is 68.1 Å². The SMILES string of the molecule is O=[N+]([O-])c1ccc(Cl)cc1NCc1ncc(Cl)s1. The quantitative estimate of drug-likeness (QED) is 0.685. The Labute approximate surface area is 117 Å². The van der Waals surface area contributed by atoms with Gasteiger partial charge in [0, 0.05) is 11.1 Å². The van der Waals surface area contributed by atoms with Crippen molar-refractivity contribution in [2.24, 2.45) is 0 Å². The van der Waals surface area contributed by atoms with E-state index in [1.54, 1.807) is 0 Å². The molecule has 0 aliphatic heterocycles. The van der Waals surface area contributed by atoms with E-state index in [-0.39, 0.29) is 5.69 Å². The number of nitro benzene ring substituents is 1. The molecule has 0 bridgehead atoms. The fourth-order valence-corrected chi connectivity index (χ4v) is 2.42. The molecule has 1 aromatic heterocycles. The molecule has 0 fully saturated rings. The number of hydrogen-bond acceptors (Lipinski definition) is 5. The van der Waals surface area contributed by atoms with E-state index in [0.717, 1.165) is 5.01 Å². The van der Waals surface area contributed by atoms with E-state index in [1.807, 2.05) is 0 Å². The first-order valence-corrected chi connectivity index (χ1v) is 6.41. The molecule has 94 valence electrons. The third-order valence-electron chi connectivity index (χ3n) is 2.11. The van der Waals surface area contributed by atoms with Gasteiger partial charge < -0.3 is 5.32 Å². The van der Waals surface area contributed by atoms with Crippen molar-refractivity contribution in [3.63, 3.8) is 0 Å². The number of hydrogen-bond donors (Lipinski definition) is 1. The molecule has 0 atom stereocenters. The van der Waals surface area contributed by atoms with Crippen LogP contribution in [0.4, 0.5) is 11.4 Å². The number of benzene rings is 1. The smallest absolute Gasteiger partial charge is 0.292 e. The Morgan fingerprint density at radius 1 is 1.44 bits per heavy atom. The Morgan fingerprint density at radius 3 is 2.83 bits per heavy atom. The molecule has 0 aliphatic carbocycles. The standard InChI is InChI=1S/C10H7Cl2N3O2S/c11-6-1-2-8(15(16)17)7(3-6)13-5-10-14-4-9(12)18-10/h1-4,13H,5H2. The summed E-state index contributed by atoms with van der Waals surface area (Å²) >= 11 is 12.9. The van der Waals surface area contributed by atoms with Gasteiger partial charge in [0.15, 0.2) is 0 Å². The molecule has 0 saturated heterocycles. The van der Waals surface area contributed by atoms with Crippen LogP contribution in [-0.4, -0.2) is 9.91 Å². The van der Waals surface area contributed by atoms with Crippen LogP contribution in [0.5, 0.6) is 0 Å². The maximum atomic E-state index is 10.8. The maximum Gasteiger partial charge on any atom is 0.292 e. The minimum atomic E-state index is -0.465. The Kier molecular flexibility index (Phi) is 4.00. The normalized spacial score (nSPS) is 10.3. The summed E-state index contributed by atoms with van der Waals surface area (Å²) in [5, 5.41) is 14.9. The summed E-state index contributed by atoms with van der Waals surface area (Å²) in [4.78, 5) is 14.4. The molecule has 18 heavy (non-hydrogen) atoms. The van der Waals surface area contributed by atoms with Crippen LogP contribution < -0.4 is 5.32 Å². The molecule has 0 saturated carbocycles. The molecule has 1 aromatic carbocycles. The molecule has 1 N–H and O–H groups in total. The fourth-order valence-electron chi connectivity index (χ4n) is 1.35. The van der Waals surface area contributed by atoms with Gasteiger partial charge in [0.2, 0.25) is 0 Å². The van der Waals surface area contributed by atoms with Crippen LogP contribution in [0.15, 0.2) is 24.4 Å². The number of rotatable bonds is 4. The van der Waals surface area contributed by atoms with Crippen molar-refractivity contribution >= 4 is 45.9 Å². The van der Waals surface area contributed by atoms with E-state index in [9.17, 15) is 10.1 Å². The summed E-state index contributed by atoms with van der Waals surface area (Å²) in [6.07, 6.45) is 1.54. The Bertz CT molecular complexity index is 588. The number of aromatic nitrogens is 1. The van der Waals surface area contributed by atoms with Crippen molar-refractivity contribution < 1.29 is 4.92 Å². The lowest BCUT2D eigenvalue weighted by atomic mass is 10.2. The molecule has 1 heterocycles. The summed E-state index contributed by atoms with van der Waals surface area (Å²) in [6.45, 7) is 0.360. The monoisotopic (exact) mass is 303 g/mol. The van der Waals surface area contributed by atoms with Crippen molar-refractivity contribution in [1.82, 2.24) is 4.98 Å². The lowest BCUT2D eigenvalue weighted by Crippen LogP contribution is -2.02. The van der Waals surface area contributed by atoms with E-state index >= 15 is 0 Å². The average Bonchev–Trinajstić information content (AvgIpc) is 2.72. The van der Waals surface area contributed by atoms with Crippen LogP contribution in [0.25, 0.3) is 0 Å². The zero-order valence-electron chi connectivity index (χ0n) is 8.89. The van der Waals surface area contributed by atoms with Crippen LogP contribution in [0.1, 0.15) is 5.01 Å². The van der Waals surface area contributed by atoms with Gasteiger partial charge in [0.25, 0.3) is 5.69 Å².